The number of hydrogen-bond donors (Lipinski definition) is 1. The van der Waals surface area contributed by atoms with Crippen LogP contribution in [-0.2, 0) is 16.1 Å². The fourth-order valence-electron chi connectivity index (χ4n) is 1.01. The third kappa shape index (κ3) is 8.02. The van der Waals surface area contributed by atoms with Gasteiger partial charge in [-0.2, -0.15) is 5.10 Å². The summed E-state index contributed by atoms with van der Waals surface area (Å²) >= 11 is 0. The molecule has 0 unspecified atom stereocenters. The van der Waals surface area contributed by atoms with Gasteiger partial charge in [0.25, 0.3) is 0 Å². The smallest absolute Gasteiger partial charge is 0.351 e. The highest BCUT2D eigenvalue weighted by molar-refractivity contribution is 6.23. The van der Waals surface area contributed by atoms with Crippen molar-refractivity contribution in [2.75, 3.05) is 6.61 Å². The highest BCUT2D eigenvalue weighted by Gasteiger charge is 1.93. The molecular weight excluding hydrogens is 216 g/mol. The van der Waals surface area contributed by atoms with Gasteiger partial charge in [0.15, 0.2) is 0 Å². The second-order valence-corrected chi connectivity index (χ2v) is 2.83. The molecule has 17 heavy (non-hydrogen) atoms. The molecule has 0 saturated carbocycles. The van der Waals surface area contributed by atoms with E-state index in [1.807, 2.05) is 44.2 Å². The Morgan fingerprint density at radius 1 is 1.35 bits per heavy atom. The van der Waals surface area contributed by atoms with E-state index in [4.69, 9.17) is 0 Å². The van der Waals surface area contributed by atoms with Crippen molar-refractivity contribution in [3.63, 3.8) is 0 Å². The Morgan fingerprint density at radius 3 is 2.59 bits per heavy atom. The van der Waals surface area contributed by atoms with Crippen LogP contribution in [0.3, 0.4) is 0 Å². The van der Waals surface area contributed by atoms with Crippen LogP contribution >= 0.6 is 0 Å². The SMILES string of the molecule is CC.CCOC(=O)/C=N/NCc1ccccc1. The molecule has 94 valence electrons. The fourth-order valence-corrected chi connectivity index (χ4v) is 1.01. The van der Waals surface area contributed by atoms with Crippen LogP contribution in [-0.4, -0.2) is 18.8 Å². The molecular formula is C13H20N2O2. The first-order chi connectivity index (χ1) is 8.33. The molecule has 4 nitrogen and oxygen atoms in total. The molecule has 0 fully saturated rings. The van der Waals surface area contributed by atoms with Crippen molar-refractivity contribution in [1.82, 2.24) is 5.43 Å². The Bertz CT molecular complexity index is 323. The van der Waals surface area contributed by atoms with Crippen LogP contribution in [0, 0.1) is 0 Å². The molecule has 1 aromatic rings. The van der Waals surface area contributed by atoms with Crippen molar-refractivity contribution in [2.24, 2.45) is 5.10 Å². The molecule has 1 N–H and O–H groups in total. The zero-order valence-electron chi connectivity index (χ0n) is 10.6. The van der Waals surface area contributed by atoms with E-state index in [1.54, 1.807) is 6.92 Å². The van der Waals surface area contributed by atoms with Crippen molar-refractivity contribution < 1.29 is 9.53 Å². The molecule has 1 rings (SSSR count). The summed E-state index contributed by atoms with van der Waals surface area (Å²) in [5.41, 5.74) is 3.87. The Balaban J connectivity index is 0.00000121. The third-order valence-electron chi connectivity index (χ3n) is 1.67. The monoisotopic (exact) mass is 236 g/mol. The molecule has 0 atom stereocenters. The van der Waals surface area contributed by atoms with Crippen molar-refractivity contribution in [2.45, 2.75) is 27.3 Å². The zero-order chi connectivity index (χ0) is 12.9. The van der Waals surface area contributed by atoms with E-state index in [2.05, 4.69) is 15.3 Å². The van der Waals surface area contributed by atoms with Crippen molar-refractivity contribution in [3.8, 4) is 0 Å². The van der Waals surface area contributed by atoms with Crippen LogP contribution in [0.4, 0.5) is 0 Å². The molecule has 0 amide bonds. The molecule has 0 heterocycles. The zero-order valence-corrected chi connectivity index (χ0v) is 10.6. The third-order valence-corrected chi connectivity index (χ3v) is 1.67. The lowest BCUT2D eigenvalue weighted by molar-refractivity contribution is -0.134. The van der Waals surface area contributed by atoms with Gasteiger partial charge >= 0.3 is 5.97 Å². The Hall–Kier alpha value is -1.84. The summed E-state index contributed by atoms with van der Waals surface area (Å²) in [7, 11) is 0. The Labute approximate surface area is 103 Å². The molecule has 0 aromatic heterocycles. The van der Waals surface area contributed by atoms with Crippen molar-refractivity contribution in [3.05, 3.63) is 35.9 Å². The number of hydrazone groups is 1. The lowest BCUT2D eigenvalue weighted by Crippen LogP contribution is -2.10. The molecule has 1 aromatic carbocycles. The lowest BCUT2D eigenvalue weighted by Gasteiger charge is -1.99. The van der Waals surface area contributed by atoms with Crippen LogP contribution in [0.5, 0.6) is 0 Å². The van der Waals surface area contributed by atoms with Gasteiger partial charge in [0.1, 0.15) is 6.21 Å². The number of hydrogen-bond acceptors (Lipinski definition) is 4. The molecule has 0 saturated heterocycles. The van der Waals surface area contributed by atoms with E-state index in [-0.39, 0.29) is 0 Å². The van der Waals surface area contributed by atoms with Gasteiger partial charge in [-0.05, 0) is 12.5 Å². The molecule has 0 radical (unpaired) electrons. The first-order valence-corrected chi connectivity index (χ1v) is 5.79. The molecule has 0 bridgehead atoms. The highest BCUT2D eigenvalue weighted by atomic mass is 16.5. The summed E-state index contributed by atoms with van der Waals surface area (Å²) in [6.45, 7) is 6.71. The summed E-state index contributed by atoms with van der Waals surface area (Å²) in [6, 6.07) is 9.81. The minimum Gasteiger partial charge on any atom is -0.462 e. The summed E-state index contributed by atoms with van der Waals surface area (Å²) in [4.78, 5) is 10.8. The fraction of sp³-hybridized carbons (Fsp3) is 0.385. The quantitative estimate of drug-likeness (QED) is 0.485. The highest BCUT2D eigenvalue weighted by Crippen LogP contribution is 1.96. The van der Waals surface area contributed by atoms with Gasteiger partial charge in [0.2, 0.25) is 0 Å². The number of esters is 1. The van der Waals surface area contributed by atoms with Gasteiger partial charge in [-0.1, -0.05) is 44.2 Å². The maximum Gasteiger partial charge on any atom is 0.351 e. The molecule has 0 spiro atoms. The molecule has 0 aliphatic carbocycles. The topological polar surface area (TPSA) is 50.7 Å². The van der Waals surface area contributed by atoms with Gasteiger partial charge in [-0.25, -0.2) is 4.79 Å². The van der Waals surface area contributed by atoms with Crippen LogP contribution in [0.1, 0.15) is 26.3 Å². The number of benzene rings is 1. The van der Waals surface area contributed by atoms with Gasteiger partial charge in [0.05, 0.1) is 13.2 Å². The normalized spacial score (nSPS) is 9.35. The van der Waals surface area contributed by atoms with Crippen LogP contribution in [0.25, 0.3) is 0 Å². The van der Waals surface area contributed by atoms with E-state index in [1.165, 1.54) is 0 Å². The van der Waals surface area contributed by atoms with Gasteiger partial charge in [0, 0.05) is 0 Å². The largest absolute Gasteiger partial charge is 0.462 e. The maximum absolute atomic E-state index is 10.8. The number of nitrogens with zero attached hydrogens (tertiary/aromatic N) is 1. The first-order valence-electron chi connectivity index (χ1n) is 5.79. The van der Waals surface area contributed by atoms with E-state index < -0.39 is 5.97 Å². The summed E-state index contributed by atoms with van der Waals surface area (Å²) < 4.78 is 4.67. The average molecular weight is 236 g/mol. The predicted octanol–water partition coefficient (Wildman–Crippen LogP) is 2.35. The second kappa shape index (κ2) is 10.7. The number of ether oxygens (including phenoxy) is 1. The van der Waals surface area contributed by atoms with Gasteiger partial charge in [-0.15, -0.1) is 0 Å². The van der Waals surface area contributed by atoms with E-state index in [9.17, 15) is 4.79 Å². The van der Waals surface area contributed by atoms with Gasteiger partial charge < -0.3 is 10.2 Å². The second-order valence-electron chi connectivity index (χ2n) is 2.83. The van der Waals surface area contributed by atoms with E-state index >= 15 is 0 Å². The summed E-state index contributed by atoms with van der Waals surface area (Å²) in [6.07, 6.45) is 1.13. The van der Waals surface area contributed by atoms with E-state index in [0.717, 1.165) is 11.8 Å². The minimum absolute atomic E-state index is 0.365. The number of carbonyl (C=O) groups excluding carboxylic acids is 1. The van der Waals surface area contributed by atoms with Crippen molar-refractivity contribution >= 4 is 12.2 Å². The van der Waals surface area contributed by atoms with Gasteiger partial charge in [-0.3, -0.25) is 0 Å². The average Bonchev–Trinajstić information content (AvgIpc) is 2.39. The first kappa shape index (κ1) is 15.2. The Kier molecular flexibility index (Phi) is 9.52. The minimum atomic E-state index is -0.432. The molecule has 0 aliphatic rings. The summed E-state index contributed by atoms with van der Waals surface area (Å²) in [5.74, 6) is -0.432. The van der Waals surface area contributed by atoms with Crippen LogP contribution in [0.2, 0.25) is 0 Å². The lowest BCUT2D eigenvalue weighted by atomic mass is 10.2. The van der Waals surface area contributed by atoms with Crippen molar-refractivity contribution in [1.29, 1.82) is 0 Å². The predicted molar refractivity (Wildman–Crippen MR) is 69.8 cm³/mol. The molecule has 4 heteroatoms. The van der Waals surface area contributed by atoms with E-state index in [0.29, 0.717) is 13.2 Å². The van der Waals surface area contributed by atoms with Crippen LogP contribution < -0.4 is 5.43 Å². The Morgan fingerprint density at radius 2 is 2.00 bits per heavy atom. The van der Waals surface area contributed by atoms with Crippen LogP contribution in [0.15, 0.2) is 35.4 Å². The number of carbonyl (C=O) groups is 1. The number of rotatable bonds is 5. The standard InChI is InChI=1S/C11H14N2O2.C2H6/c1-2-15-11(14)9-13-12-8-10-6-4-3-5-7-10;1-2/h3-7,9,12H,2,8H2,1H3;1-2H3/b13-9+;. The molecule has 0 aliphatic heterocycles. The maximum atomic E-state index is 10.8. The number of nitrogens with one attached hydrogen (secondary N) is 1. The summed E-state index contributed by atoms with van der Waals surface area (Å²) in [5, 5.41) is 3.74.